The molecule has 2 aliphatic rings. The first-order valence-corrected chi connectivity index (χ1v) is 8.73. The number of fused-ring (bicyclic) bond motifs is 1. The van der Waals surface area contributed by atoms with Gasteiger partial charge in [0, 0.05) is 23.6 Å². The van der Waals surface area contributed by atoms with Crippen LogP contribution in [-0.4, -0.2) is 31.9 Å². The van der Waals surface area contributed by atoms with E-state index in [0.29, 0.717) is 29.8 Å². The fraction of sp³-hybridized carbons (Fsp3) is 0.538. The van der Waals surface area contributed by atoms with Crippen molar-refractivity contribution >= 4 is 26.0 Å². The monoisotopic (exact) mass is 344 g/mol. The largest absolute Gasteiger partial charge is 0.327 e. The summed E-state index contributed by atoms with van der Waals surface area (Å²) < 4.78 is 27.6. The van der Waals surface area contributed by atoms with E-state index >= 15 is 0 Å². The van der Waals surface area contributed by atoms with Crippen LogP contribution in [0.15, 0.2) is 33.6 Å². The third-order valence-electron chi connectivity index (χ3n) is 4.31. The van der Waals surface area contributed by atoms with Gasteiger partial charge in [-0.25, -0.2) is 8.42 Å². The molecule has 3 rings (SSSR count). The SMILES string of the molecule is NC1CCC2CN(S(=O)(=O)c3cccc(Br)c3)CC12. The van der Waals surface area contributed by atoms with Crippen molar-refractivity contribution in [3.8, 4) is 0 Å². The second kappa shape index (κ2) is 4.84. The summed E-state index contributed by atoms with van der Waals surface area (Å²) in [6, 6.07) is 7.04. The maximum absolute atomic E-state index is 12.6. The Hall–Kier alpha value is -0.430. The van der Waals surface area contributed by atoms with Crippen molar-refractivity contribution in [1.29, 1.82) is 0 Å². The smallest absolute Gasteiger partial charge is 0.243 e. The third-order valence-corrected chi connectivity index (χ3v) is 6.63. The molecule has 1 aromatic carbocycles. The van der Waals surface area contributed by atoms with Crippen LogP contribution in [0.5, 0.6) is 0 Å². The van der Waals surface area contributed by atoms with Gasteiger partial charge < -0.3 is 5.73 Å². The number of benzene rings is 1. The fourth-order valence-corrected chi connectivity index (χ4v) is 5.37. The standard InChI is InChI=1S/C13H17BrN2O2S/c14-10-2-1-3-11(6-10)19(17,18)16-7-9-4-5-13(15)12(9)8-16/h1-3,6,9,12-13H,4-5,7-8,15H2. The number of nitrogens with zero attached hydrogens (tertiary/aromatic N) is 1. The molecule has 3 atom stereocenters. The maximum atomic E-state index is 12.6. The van der Waals surface area contributed by atoms with Crippen molar-refractivity contribution in [3.63, 3.8) is 0 Å². The van der Waals surface area contributed by atoms with Crippen LogP contribution >= 0.6 is 15.9 Å². The lowest BCUT2D eigenvalue weighted by Gasteiger charge is -2.18. The van der Waals surface area contributed by atoms with Crippen LogP contribution in [0.3, 0.4) is 0 Å². The van der Waals surface area contributed by atoms with Crippen molar-refractivity contribution < 1.29 is 8.42 Å². The minimum absolute atomic E-state index is 0.160. The van der Waals surface area contributed by atoms with Crippen LogP contribution in [0.1, 0.15) is 12.8 Å². The van der Waals surface area contributed by atoms with Gasteiger partial charge in [0.05, 0.1) is 4.90 Å². The van der Waals surface area contributed by atoms with Crippen LogP contribution in [0.4, 0.5) is 0 Å². The summed E-state index contributed by atoms with van der Waals surface area (Å²) >= 11 is 3.32. The summed E-state index contributed by atoms with van der Waals surface area (Å²) in [6.07, 6.45) is 2.08. The molecule has 104 valence electrons. The van der Waals surface area contributed by atoms with Crippen molar-refractivity contribution in [2.24, 2.45) is 17.6 Å². The van der Waals surface area contributed by atoms with Crippen molar-refractivity contribution in [3.05, 3.63) is 28.7 Å². The minimum atomic E-state index is -3.38. The highest BCUT2D eigenvalue weighted by molar-refractivity contribution is 9.10. The zero-order valence-corrected chi connectivity index (χ0v) is 12.9. The molecular weight excluding hydrogens is 328 g/mol. The Bertz CT molecular complexity index is 590. The quantitative estimate of drug-likeness (QED) is 0.889. The number of rotatable bonds is 2. The summed E-state index contributed by atoms with van der Waals surface area (Å²) in [6.45, 7) is 1.19. The Morgan fingerprint density at radius 1 is 1.26 bits per heavy atom. The molecule has 0 radical (unpaired) electrons. The van der Waals surface area contributed by atoms with Crippen molar-refractivity contribution in [2.45, 2.75) is 23.8 Å². The molecule has 6 heteroatoms. The normalized spacial score (nSPS) is 31.6. The highest BCUT2D eigenvalue weighted by Gasteiger charge is 2.44. The Morgan fingerprint density at radius 2 is 2.05 bits per heavy atom. The second-order valence-electron chi connectivity index (χ2n) is 5.44. The minimum Gasteiger partial charge on any atom is -0.327 e. The molecule has 2 fully saturated rings. The molecule has 0 amide bonds. The van der Waals surface area contributed by atoms with Gasteiger partial charge in [-0.15, -0.1) is 0 Å². The zero-order valence-electron chi connectivity index (χ0n) is 10.5. The molecule has 0 spiro atoms. The molecule has 19 heavy (non-hydrogen) atoms. The molecule has 2 N–H and O–H groups in total. The molecule has 0 bridgehead atoms. The van der Waals surface area contributed by atoms with Crippen LogP contribution in [0.2, 0.25) is 0 Å². The summed E-state index contributed by atoms with van der Waals surface area (Å²) in [7, 11) is -3.38. The lowest BCUT2D eigenvalue weighted by Crippen LogP contribution is -2.33. The molecule has 1 aromatic rings. The molecule has 1 heterocycles. The van der Waals surface area contributed by atoms with Gasteiger partial charge in [-0.1, -0.05) is 22.0 Å². The van der Waals surface area contributed by atoms with E-state index in [1.165, 1.54) is 0 Å². The zero-order chi connectivity index (χ0) is 13.6. The van der Waals surface area contributed by atoms with E-state index in [0.717, 1.165) is 17.3 Å². The predicted molar refractivity (Wildman–Crippen MR) is 77.1 cm³/mol. The van der Waals surface area contributed by atoms with Crippen molar-refractivity contribution in [1.82, 2.24) is 4.31 Å². The Morgan fingerprint density at radius 3 is 2.74 bits per heavy atom. The Kier molecular flexibility index (Phi) is 3.45. The van der Waals surface area contributed by atoms with E-state index in [-0.39, 0.29) is 6.04 Å². The molecular formula is C13H17BrN2O2S. The topological polar surface area (TPSA) is 63.4 Å². The average Bonchev–Trinajstić information content (AvgIpc) is 2.92. The first-order valence-electron chi connectivity index (χ1n) is 6.50. The van der Waals surface area contributed by atoms with Gasteiger partial charge in [0.2, 0.25) is 10.0 Å². The van der Waals surface area contributed by atoms with E-state index in [4.69, 9.17) is 5.73 Å². The van der Waals surface area contributed by atoms with Crippen molar-refractivity contribution in [2.75, 3.05) is 13.1 Å². The molecule has 1 saturated heterocycles. The van der Waals surface area contributed by atoms with Crippen LogP contribution < -0.4 is 5.73 Å². The van der Waals surface area contributed by atoms with Gasteiger partial charge in [0.1, 0.15) is 0 Å². The predicted octanol–water partition coefficient (Wildman–Crippen LogP) is 1.81. The summed E-state index contributed by atoms with van der Waals surface area (Å²) in [5.41, 5.74) is 6.06. The molecule has 3 unspecified atom stereocenters. The first kappa shape index (κ1) is 13.5. The number of hydrogen-bond acceptors (Lipinski definition) is 3. The van der Waals surface area contributed by atoms with Gasteiger partial charge in [-0.3, -0.25) is 0 Å². The number of halogens is 1. The van der Waals surface area contributed by atoms with E-state index in [2.05, 4.69) is 15.9 Å². The maximum Gasteiger partial charge on any atom is 0.243 e. The van der Waals surface area contributed by atoms with E-state index in [1.54, 1.807) is 22.5 Å². The summed E-state index contributed by atoms with van der Waals surface area (Å²) in [4.78, 5) is 0.357. The molecule has 0 aromatic heterocycles. The Labute approximate surface area is 122 Å². The highest BCUT2D eigenvalue weighted by atomic mass is 79.9. The highest BCUT2D eigenvalue weighted by Crippen LogP contribution is 2.39. The number of sulfonamides is 1. The summed E-state index contributed by atoms with van der Waals surface area (Å²) in [5, 5.41) is 0. The van der Waals surface area contributed by atoms with E-state index in [1.807, 2.05) is 6.07 Å². The molecule has 1 aliphatic heterocycles. The first-order chi connectivity index (χ1) is 8.98. The van der Waals surface area contributed by atoms with Crippen LogP contribution in [0.25, 0.3) is 0 Å². The van der Waals surface area contributed by atoms with E-state index < -0.39 is 10.0 Å². The third kappa shape index (κ3) is 2.35. The van der Waals surface area contributed by atoms with Crippen LogP contribution in [0, 0.1) is 11.8 Å². The molecule has 1 saturated carbocycles. The molecule has 1 aliphatic carbocycles. The number of hydrogen-bond donors (Lipinski definition) is 1. The fourth-order valence-electron chi connectivity index (χ4n) is 3.24. The van der Waals surface area contributed by atoms with Gasteiger partial charge >= 0.3 is 0 Å². The van der Waals surface area contributed by atoms with E-state index in [9.17, 15) is 8.42 Å². The summed E-state index contributed by atoms with van der Waals surface area (Å²) in [5.74, 6) is 0.777. The number of nitrogens with two attached hydrogens (primary N) is 1. The second-order valence-corrected chi connectivity index (χ2v) is 8.30. The lowest BCUT2D eigenvalue weighted by molar-refractivity contribution is 0.427. The van der Waals surface area contributed by atoms with Gasteiger partial charge in [0.25, 0.3) is 0 Å². The van der Waals surface area contributed by atoms with Gasteiger partial charge in [-0.2, -0.15) is 4.31 Å². The molecule has 4 nitrogen and oxygen atoms in total. The van der Waals surface area contributed by atoms with Gasteiger partial charge in [0.15, 0.2) is 0 Å². The van der Waals surface area contributed by atoms with Gasteiger partial charge in [-0.05, 0) is 42.9 Å². The Balaban J connectivity index is 1.87. The van der Waals surface area contributed by atoms with Crippen LogP contribution in [-0.2, 0) is 10.0 Å². The lowest BCUT2D eigenvalue weighted by atomic mass is 9.98. The average molecular weight is 345 g/mol.